The number of carbonyl (C=O) groups is 2. The molecule has 0 saturated carbocycles. The highest BCUT2D eigenvalue weighted by Gasteiger charge is 2.20. The van der Waals surface area contributed by atoms with Gasteiger partial charge in [0.2, 0.25) is 5.91 Å². The first-order valence-corrected chi connectivity index (χ1v) is 5.46. The summed E-state index contributed by atoms with van der Waals surface area (Å²) < 4.78 is 0. The molecule has 2 rings (SSSR count). The normalized spacial score (nSPS) is 19.1. The number of hydrogen-bond donors (Lipinski definition) is 4. The SMILES string of the molecule is O=C1CCC(NC(=O)c2cc(=O)[nH]c(=O)[nH]2)CN1. The van der Waals surface area contributed by atoms with Crippen molar-refractivity contribution in [3.8, 4) is 0 Å². The summed E-state index contributed by atoms with van der Waals surface area (Å²) >= 11 is 0. The Morgan fingerprint density at radius 2 is 2.06 bits per heavy atom. The summed E-state index contributed by atoms with van der Waals surface area (Å²) in [5, 5.41) is 5.25. The summed E-state index contributed by atoms with van der Waals surface area (Å²) in [6.07, 6.45) is 0.877. The van der Waals surface area contributed by atoms with E-state index in [0.717, 1.165) is 6.07 Å². The molecule has 1 aromatic rings. The molecule has 0 spiro atoms. The maximum atomic E-state index is 11.8. The summed E-state index contributed by atoms with van der Waals surface area (Å²) in [5.74, 6) is -0.593. The van der Waals surface area contributed by atoms with Crippen molar-refractivity contribution in [3.63, 3.8) is 0 Å². The third-order valence-corrected chi connectivity index (χ3v) is 2.61. The fourth-order valence-corrected chi connectivity index (χ4v) is 1.71. The number of carbonyl (C=O) groups excluding carboxylic acids is 2. The Hall–Kier alpha value is -2.38. The Morgan fingerprint density at radius 3 is 2.67 bits per heavy atom. The molecule has 8 nitrogen and oxygen atoms in total. The molecule has 0 bridgehead atoms. The van der Waals surface area contributed by atoms with Crippen LogP contribution >= 0.6 is 0 Å². The largest absolute Gasteiger partial charge is 0.354 e. The number of aromatic nitrogens is 2. The molecule has 0 aliphatic carbocycles. The van der Waals surface area contributed by atoms with Gasteiger partial charge in [-0.15, -0.1) is 0 Å². The van der Waals surface area contributed by atoms with E-state index in [2.05, 4.69) is 15.6 Å². The lowest BCUT2D eigenvalue weighted by atomic mass is 10.1. The first kappa shape index (κ1) is 12.1. The van der Waals surface area contributed by atoms with Gasteiger partial charge in [-0.2, -0.15) is 0 Å². The molecular formula is C10H12N4O4. The van der Waals surface area contributed by atoms with E-state index < -0.39 is 17.2 Å². The standard InChI is InChI=1S/C10H12N4O4/c15-7-2-1-5(4-11-7)12-9(17)6-3-8(16)14-10(18)13-6/h3,5H,1-2,4H2,(H,11,15)(H,12,17)(H2,13,14,16,18). The summed E-state index contributed by atoms with van der Waals surface area (Å²) in [7, 11) is 0. The molecule has 18 heavy (non-hydrogen) atoms. The lowest BCUT2D eigenvalue weighted by Gasteiger charge is -2.23. The van der Waals surface area contributed by atoms with Crippen LogP contribution in [0.3, 0.4) is 0 Å². The summed E-state index contributed by atoms with van der Waals surface area (Å²) in [5.41, 5.74) is -1.47. The molecule has 2 amide bonds. The van der Waals surface area contributed by atoms with E-state index in [-0.39, 0.29) is 17.6 Å². The number of rotatable bonds is 2. The molecule has 1 saturated heterocycles. The third-order valence-electron chi connectivity index (χ3n) is 2.61. The molecule has 1 aliphatic heterocycles. The molecule has 96 valence electrons. The van der Waals surface area contributed by atoms with Crippen molar-refractivity contribution in [2.75, 3.05) is 6.54 Å². The van der Waals surface area contributed by atoms with E-state index in [1.165, 1.54) is 0 Å². The molecule has 1 unspecified atom stereocenters. The zero-order valence-corrected chi connectivity index (χ0v) is 9.41. The van der Waals surface area contributed by atoms with Gasteiger partial charge >= 0.3 is 5.69 Å². The summed E-state index contributed by atoms with van der Waals surface area (Å²) in [6, 6.07) is 0.816. The van der Waals surface area contributed by atoms with Crippen molar-refractivity contribution >= 4 is 11.8 Å². The minimum atomic E-state index is -0.732. The first-order chi connectivity index (χ1) is 8.54. The van der Waals surface area contributed by atoms with E-state index in [1.807, 2.05) is 4.98 Å². The van der Waals surface area contributed by atoms with Crippen LogP contribution in [0.2, 0.25) is 0 Å². The maximum Gasteiger partial charge on any atom is 0.326 e. The highest BCUT2D eigenvalue weighted by Crippen LogP contribution is 2.03. The van der Waals surface area contributed by atoms with Crippen LogP contribution in [0.1, 0.15) is 23.3 Å². The van der Waals surface area contributed by atoms with Crippen LogP contribution in [0, 0.1) is 0 Å². The minimum Gasteiger partial charge on any atom is -0.354 e. The van der Waals surface area contributed by atoms with Gasteiger partial charge in [0.25, 0.3) is 11.5 Å². The molecule has 0 radical (unpaired) electrons. The van der Waals surface area contributed by atoms with Crippen LogP contribution in [0.4, 0.5) is 0 Å². The van der Waals surface area contributed by atoms with Gasteiger partial charge in [-0.1, -0.05) is 0 Å². The second kappa shape index (κ2) is 4.86. The number of aromatic amines is 2. The zero-order chi connectivity index (χ0) is 13.1. The van der Waals surface area contributed by atoms with Crippen LogP contribution in [-0.4, -0.2) is 34.4 Å². The Balaban J connectivity index is 2.05. The molecule has 8 heteroatoms. The zero-order valence-electron chi connectivity index (χ0n) is 9.41. The van der Waals surface area contributed by atoms with Gasteiger partial charge in [0.15, 0.2) is 0 Å². The number of H-pyrrole nitrogens is 2. The van der Waals surface area contributed by atoms with Gasteiger partial charge < -0.3 is 15.6 Å². The molecule has 1 aliphatic rings. The fourth-order valence-electron chi connectivity index (χ4n) is 1.71. The van der Waals surface area contributed by atoms with Crippen molar-refractivity contribution in [3.05, 3.63) is 32.6 Å². The van der Waals surface area contributed by atoms with Crippen LogP contribution in [-0.2, 0) is 4.79 Å². The van der Waals surface area contributed by atoms with Crippen LogP contribution in [0.25, 0.3) is 0 Å². The predicted octanol–water partition coefficient (Wildman–Crippen LogP) is -1.93. The number of hydrogen-bond acceptors (Lipinski definition) is 4. The number of nitrogens with one attached hydrogen (secondary N) is 4. The Kier molecular flexibility index (Phi) is 3.26. The molecule has 0 aromatic carbocycles. The van der Waals surface area contributed by atoms with Gasteiger partial charge in [-0.05, 0) is 6.42 Å². The monoisotopic (exact) mass is 252 g/mol. The number of amides is 2. The lowest BCUT2D eigenvalue weighted by Crippen LogP contribution is -2.48. The Bertz CT molecular complexity index is 550. The molecule has 1 atom stereocenters. The maximum absolute atomic E-state index is 11.8. The molecule has 1 fully saturated rings. The molecular weight excluding hydrogens is 240 g/mol. The highest BCUT2D eigenvalue weighted by atomic mass is 16.2. The Labute approximate surface area is 101 Å². The van der Waals surface area contributed by atoms with Crippen molar-refractivity contribution < 1.29 is 9.59 Å². The first-order valence-electron chi connectivity index (χ1n) is 5.46. The second-order valence-corrected chi connectivity index (χ2v) is 4.01. The number of piperidine rings is 1. The van der Waals surface area contributed by atoms with Gasteiger partial charge in [0, 0.05) is 25.1 Å². The van der Waals surface area contributed by atoms with E-state index in [0.29, 0.717) is 19.4 Å². The second-order valence-electron chi connectivity index (χ2n) is 4.01. The highest BCUT2D eigenvalue weighted by molar-refractivity contribution is 5.92. The quantitative estimate of drug-likeness (QED) is 0.489. The molecule has 2 heterocycles. The van der Waals surface area contributed by atoms with Crippen molar-refractivity contribution in [1.29, 1.82) is 0 Å². The van der Waals surface area contributed by atoms with Crippen molar-refractivity contribution in [1.82, 2.24) is 20.6 Å². The summed E-state index contributed by atoms with van der Waals surface area (Å²) in [4.78, 5) is 48.9. The van der Waals surface area contributed by atoms with Crippen molar-refractivity contribution in [2.45, 2.75) is 18.9 Å². The molecule has 1 aromatic heterocycles. The van der Waals surface area contributed by atoms with Crippen molar-refractivity contribution in [2.24, 2.45) is 0 Å². The van der Waals surface area contributed by atoms with Gasteiger partial charge in [0.1, 0.15) is 5.69 Å². The van der Waals surface area contributed by atoms with Crippen LogP contribution in [0.15, 0.2) is 15.7 Å². The molecule has 4 N–H and O–H groups in total. The van der Waals surface area contributed by atoms with E-state index in [9.17, 15) is 19.2 Å². The summed E-state index contributed by atoms with van der Waals surface area (Å²) in [6.45, 7) is 0.345. The topological polar surface area (TPSA) is 124 Å². The van der Waals surface area contributed by atoms with Crippen LogP contribution in [0.5, 0.6) is 0 Å². The van der Waals surface area contributed by atoms with E-state index >= 15 is 0 Å². The predicted molar refractivity (Wildman–Crippen MR) is 61.2 cm³/mol. The van der Waals surface area contributed by atoms with Gasteiger partial charge in [-0.25, -0.2) is 4.79 Å². The van der Waals surface area contributed by atoms with E-state index in [4.69, 9.17) is 0 Å². The van der Waals surface area contributed by atoms with Gasteiger partial charge in [0.05, 0.1) is 0 Å². The minimum absolute atomic E-state index is 0.0509. The lowest BCUT2D eigenvalue weighted by molar-refractivity contribution is -0.122. The third kappa shape index (κ3) is 2.84. The average Bonchev–Trinajstić information content (AvgIpc) is 2.31. The average molecular weight is 252 g/mol. The van der Waals surface area contributed by atoms with Gasteiger partial charge in [-0.3, -0.25) is 19.4 Å². The van der Waals surface area contributed by atoms with E-state index in [1.54, 1.807) is 0 Å². The fraction of sp³-hybridized carbons (Fsp3) is 0.400. The smallest absolute Gasteiger partial charge is 0.326 e. The van der Waals surface area contributed by atoms with Crippen LogP contribution < -0.4 is 21.9 Å². The Morgan fingerprint density at radius 1 is 1.28 bits per heavy atom.